The number of nitrogens with one attached hydrogen (secondary N) is 1. The maximum Gasteiger partial charge on any atom is 0.317 e. The van der Waals surface area contributed by atoms with E-state index < -0.39 is 27.9 Å². The number of urea groups is 1. The fourth-order valence-corrected chi connectivity index (χ4v) is 4.54. The van der Waals surface area contributed by atoms with Crippen LogP contribution >= 0.6 is 0 Å². The number of hydrogen-bond donors (Lipinski definition) is 2. The smallest absolute Gasteiger partial charge is 0.317 e. The van der Waals surface area contributed by atoms with E-state index in [4.69, 9.17) is 5.11 Å². The van der Waals surface area contributed by atoms with Crippen molar-refractivity contribution >= 4 is 22.0 Å². The van der Waals surface area contributed by atoms with Crippen LogP contribution in [-0.4, -0.2) is 61.4 Å². The van der Waals surface area contributed by atoms with Crippen molar-refractivity contribution in [1.29, 1.82) is 0 Å². The monoisotopic (exact) mass is 397 g/mol. The van der Waals surface area contributed by atoms with Crippen LogP contribution in [0.15, 0.2) is 29.2 Å². The Morgan fingerprint density at radius 2 is 1.93 bits per heavy atom. The quantitative estimate of drug-likeness (QED) is 0.729. The summed E-state index contributed by atoms with van der Waals surface area (Å²) in [5.74, 6) is -1.64. The van der Waals surface area contributed by atoms with Crippen molar-refractivity contribution < 1.29 is 23.1 Å². The van der Waals surface area contributed by atoms with Gasteiger partial charge in [0.1, 0.15) is 0 Å². The molecule has 1 aliphatic heterocycles. The SMILES string of the molecule is CC(CN(C)C(=O)NCc1cccc(S(=O)(=O)N2CCCCC2)c1)C(=O)O. The Balaban J connectivity index is 1.99. The van der Waals surface area contributed by atoms with E-state index in [1.807, 2.05) is 0 Å². The summed E-state index contributed by atoms with van der Waals surface area (Å²) in [4.78, 5) is 24.5. The van der Waals surface area contributed by atoms with Gasteiger partial charge in [-0.1, -0.05) is 25.5 Å². The molecule has 150 valence electrons. The van der Waals surface area contributed by atoms with Crippen molar-refractivity contribution in [1.82, 2.24) is 14.5 Å². The summed E-state index contributed by atoms with van der Waals surface area (Å²) in [6, 6.07) is 6.14. The average Bonchev–Trinajstić information content (AvgIpc) is 2.66. The van der Waals surface area contributed by atoms with Gasteiger partial charge in [-0.3, -0.25) is 4.79 Å². The van der Waals surface area contributed by atoms with Crippen LogP contribution in [0.5, 0.6) is 0 Å². The van der Waals surface area contributed by atoms with E-state index in [-0.39, 0.29) is 18.0 Å². The summed E-state index contributed by atoms with van der Waals surface area (Å²) in [6.07, 6.45) is 2.79. The molecule has 1 heterocycles. The normalized spacial score (nSPS) is 16.5. The number of nitrogens with zero attached hydrogens (tertiary/aromatic N) is 2. The molecule has 9 heteroatoms. The molecule has 1 aliphatic rings. The maximum atomic E-state index is 12.7. The van der Waals surface area contributed by atoms with E-state index in [1.54, 1.807) is 24.3 Å². The Kier molecular flexibility index (Phi) is 7.20. The van der Waals surface area contributed by atoms with Crippen LogP contribution in [0.1, 0.15) is 31.7 Å². The van der Waals surface area contributed by atoms with Gasteiger partial charge in [0.05, 0.1) is 10.8 Å². The standard InChI is InChI=1S/C18H27N3O5S/c1-14(17(22)23)13-20(2)18(24)19-12-15-7-6-8-16(11-15)27(25,26)21-9-4-3-5-10-21/h6-8,11,14H,3-5,9-10,12-13H2,1-2H3,(H,19,24)(H,22,23). The highest BCUT2D eigenvalue weighted by molar-refractivity contribution is 7.89. The van der Waals surface area contributed by atoms with Crippen LogP contribution in [0.2, 0.25) is 0 Å². The first-order valence-corrected chi connectivity index (χ1v) is 10.5. The van der Waals surface area contributed by atoms with Crippen LogP contribution < -0.4 is 5.32 Å². The third kappa shape index (κ3) is 5.67. The van der Waals surface area contributed by atoms with Crippen molar-refractivity contribution in [2.75, 3.05) is 26.7 Å². The van der Waals surface area contributed by atoms with Gasteiger partial charge >= 0.3 is 12.0 Å². The Morgan fingerprint density at radius 3 is 2.56 bits per heavy atom. The highest BCUT2D eigenvalue weighted by atomic mass is 32.2. The first-order valence-electron chi connectivity index (χ1n) is 9.02. The second kappa shape index (κ2) is 9.18. The fourth-order valence-electron chi connectivity index (χ4n) is 2.95. The molecule has 2 amide bonds. The minimum Gasteiger partial charge on any atom is -0.481 e. The van der Waals surface area contributed by atoms with E-state index in [2.05, 4.69) is 5.32 Å². The van der Waals surface area contributed by atoms with Crippen LogP contribution in [0.3, 0.4) is 0 Å². The van der Waals surface area contributed by atoms with Crippen molar-refractivity contribution in [3.63, 3.8) is 0 Å². The molecule has 1 aromatic carbocycles. The number of aliphatic carboxylic acids is 1. The van der Waals surface area contributed by atoms with Gasteiger partial charge in [0.25, 0.3) is 0 Å². The fraction of sp³-hybridized carbons (Fsp3) is 0.556. The number of carboxylic acid groups (broad SMARTS) is 1. The molecule has 1 unspecified atom stereocenters. The Morgan fingerprint density at radius 1 is 1.26 bits per heavy atom. The van der Waals surface area contributed by atoms with Crippen molar-refractivity contribution in [3.05, 3.63) is 29.8 Å². The van der Waals surface area contributed by atoms with E-state index in [9.17, 15) is 18.0 Å². The number of rotatable bonds is 7. The largest absolute Gasteiger partial charge is 0.481 e. The zero-order chi connectivity index (χ0) is 20.0. The summed E-state index contributed by atoms with van der Waals surface area (Å²) < 4.78 is 27.0. The molecule has 0 bridgehead atoms. The Labute approximate surface area is 160 Å². The van der Waals surface area contributed by atoms with Gasteiger partial charge in [0.2, 0.25) is 10.0 Å². The van der Waals surface area contributed by atoms with Crippen LogP contribution in [0.4, 0.5) is 4.79 Å². The summed E-state index contributed by atoms with van der Waals surface area (Å²) in [7, 11) is -2.00. The molecule has 8 nitrogen and oxygen atoms in total. The predicted molar refractivity (Wildman–Crippen MR) is 101 cm³/mol. The Hall–Kier alpha value is -2.13. The van der Waals surface area contributed by atoms with Gasteiger partial charge in [-0.2, -0.15) is 4.31 Å². The summed E-state index contributed by atoms with van der Waals surface area (Å²) in [6.45, 7) is 2.85. The van der Waals surface area contributed by atoms with Crippen molar-refractivity contribution in [2.24, 2.45) is 5.92 Å². The third-order valence-corrected chi connectivity index (χ3v) is 6.51. The minimum absolute atomic E-state index is 0.0878. The molecule has 1 aromatic rings. The highest BCUT2D eigenvalue weighted by Crippen LogP contribution is 2.21. The third-order valence-electron chi connectivity index (χ3n) is 4.61. The van der Waals surface area contributed by atoms with E-state index >= 15 is 0 Å². The molecule has 0 aromatic heterocycles. The predicted octanol–water partition coefficient (Wildman–Crippen LogP) is 1.72. The molecule has 1 fully saturated rings. The van der Waals surface area contributed by atoms with Gasteiger partial charge in [-0.25, -0.2) is 13.2 Å². The number of carbonyl (C=O) groups is 2. The van der Waals surface area contributed by atoms with Crippen molar-refractivity contribution in [3.8, 4) is 0 Å². The number of carbonyl (C=O) groups excluding carboxylic acids is 1. The zero-order valence-corrected chi connectivity index (χ0v) is 16.5. The zero-order valence-electron chi connectivity index (χ0n) is 15.7. The molecular weight excluding hydrogens is 370 g/mol. The van der Waals surface area contributed by atoms with Gasteiger partial charge in [-0.05, 0) is 30.5 Å². The topological polar surface area (TPSA) is 107 Å². The first kappa shape index (κ1) is 21.2. The maximum absolute atomic E-state index is 12.7. The van der Waals surface area contributed by atoms with Crippen LogP contribution in [0.25, 0.3) is 0 Å². The lowest BCUT2D eigenvalue weighted by molar-refractivity contribution is -0.141. The average molecular weight is 397 g/mol. The highest BCUT2D eigenvalue weighted by Gasteiger charge is 2.26. The van der Waals surface area contributed by atoms with Gasteiger partial charge in [0.15, 0.2) is 0 Å². The lowest BCUT2D eigenvalue weighted by Gasteiger charge is -2.26. The number of piperidine rings is 1. The second-order valence-corrected chi connectivity index (χ2v) is 8.83. The molecule has 0 radical (unpaired) electrons. The van der Waals surface area contributed by atoms with E-state index in [0.29, 0.717) is 18.7 Å². The lowest BCUT2D eigenvalue weighted by Crippen LogP contribution is -2.40. The van der Waals surface area contributed by atoms with E-state index in [0.717, 1.165) is 19.3 Å². The van der Waals surface area contributed by atoms with Crippen LogP contribution in [0, 0.1) is 5.92 Å². The van der Waals surface area contributed by atoms with E-state index in [1.165, 1.54) is 23.2 Å². The molecule has 1 atom stereocenters. The lowest BCUT2D eigenvalue weighted by atomic mass is 10.2. The number of benzene rings is 1. The number of carboxylic acids is 1. The molecule has 0 aliphatic carbocycles. The molecule has 2 rings (SSSR count). The molecule has 0 saturated carbocycles. The minimum atomic E-state index is -3.52. The summed E-state index contributed by atoms with van der Waals surface area (Å²) >= 11 is 0. The second-order valence-electron chi connectivity index (χ2n) is 6.89. The number of sulfonamides is 1. The first-order chi connectivity index (χ1) is 12.7. The van der Waals surface area contributed by atoms with Gasteiger partial charge < -0.3 is 15.3 Å². The molecular formula is C18H27N3O5S. The molecule has 0 spiro atoms. The molecule has 1 saturated heterocycles. The van der Waals surface area contributed by atoms with Gasteiger partial charge in [-0.15, -0.1) is 0 Å². The van der Waals surface area contributed by atoms with Crippen LogP contribution in [-0.2, 0) is 21.4 Å². The van der Waals surface area contributed by atoms with Crippen molar-refractivity contribution in [2.45, 2.75) is 37.6 Å². The number of hydrogen-bond acceptors (Lipinski definition) is 4. The molecule has 2 N–H and O–H groups in total. The summed E-state index contributed by atoms with van der Waals surface area (Å²) in [5, 5.41) is 11.6. The van der Waals surface area contributed by atoms with Gasteiger partial charge in [0, 0.05) is 33.2 Å². The summed E-state index contributed by atoms with van der Waals surface area (Å²) in [5.41, 5.74) is 0.668. The molecule has 27 heavy (non-hydrogen) atoms. The number of amides is 2. The Bertz CT molecular complexity index is 775.